The fourth-order valence-corrected chi connectivity index (χ4v) is 4.57. The zero-order valence-corrected chi connectivity index (χ0v) is 19.2. The van der Waals surface area contributed by atoms with Crippen molar-refractivity contribution in [2.45, 2.75) is 30.7 Å². The number of sulfonamides is 1. The van der Waals surface area contributed by atoms with Crippen LogP contribution in [0.4, 0.5) is 10.1 Å². The third-order valence-electron chi connectivity index (χ3n) is 4.71. The second-order valence-corrected chi connectivity index (χ2v) is 9.70. The summed E-state index contributed by atoms with van der Waals surface area (Å²) in [5.74, 6) is -0.842. The van der Waals surface area contributed by atoms with E-state index >= 15 is 0 Å². The van der Waals surface area contributed by atoms with Crippen molar-refractivity contribution in [2.75, 3.05) is 5.32 Å². The van der Waals surface area contributed by atoms with Gasteiger partial charge in [0, 0.05) is 16.9 Å². The number of hydrogen-bond acceptors (Lipinski definition) is 3. The van der Waals surface area contributed by atoms with Gasteiger partial charge in [-0.25, -0.2) is 17.5 Å². The minimum absolute atomic E-state index is 0.119. The van der Waals surface area contributed by atoms with Crippen molar-refractivity contribution in [3.05, 3.63) is 94.2 Å². The van der Waals surface area contributed by atoms with Crippen LogP contribution in [0.3, 0.4) is 0 Å². The number of amides is 1. The summed E-state index contributed by atoms with van der Waals surface area (Å²) in [7, 11) is -3.68. The molecule has 0 fully saturated rings. The van der Waals surface area contributed by atoms with Gasteiger partial charge in [0.05, 0.1) is 10.6 Å². The molecule has 0 saturated heterocycles. The van der Waals surface area contributed by atoms with E-state index in [0.717, 1.165) is 11.1 Å². The Bertz CT molecular complexity index is 1150. The molecule has 2 N–H and O–H groups in total. The molecule has 0 bridgehead atoms. The molecule has 31 heavy (non-hydrogen) atoms. The molecule has 1 atom stereocenters. The fraction of sp³-hybridized carbons (Fsp3) is 0.174. The summed E-state index contributed by atoms with van der Waals surface area (Å²) in [5, 5.41) is 2.54. The van der Waals surface area contributed by atoms with E-state index < -0.39 is 15.8 Å². The predicted molar refractivity (Wildman–Crippen MR) is 123 cm³/mol. The number of hydrogen-bond donors (Lipinski definition) is 2. The standard InChI is InChI=1S/C23H22BrFN2O3S/c1-16(18-5-3-2-4-6-18)27-31(29,30)20-11-7-17(8-12-20)9-14-23(28)26-22-13-10-19(24)15-21(22)25/h2-8,10-13,15-16,27H,9,14H2,1H3,(H,26,28)/t16-/m0/s1. The molecule has 0 radical (unpaired) electrons. The Kier molecular flexibility index (Phi) is 7.59. The number of benzene rings is 3. The summed E-state index contributed by atoms with van der Waals surface area (Å²) in [5.41, 5.74) is 1.80. The van der Waals surface area contributed by atoms with Crippen LogP contribution in [-0.4, -0.2) is 14.3 Å². The molecule has 162 valence electrons. The minimum Gasteiger partial charge on any atom is -0.324 e. The molecule has 0 aliphatic carbocycles. The van der Waals surface area contributed by atoms with Crippen LogP contribution in [0.1, 0.15) is 30.5 Å². The summed E-state index contributed by atoms with van der Waals surface area (Å²) >= 11 is 3.17. The number of carbonyl (C=O) groups is 1. The molecule has 0 aromatic heterocycles. The highest BCUT2D eigenvalue weighted by molar-refractivity contribution is 9.10. The van der Waals surface area contributed by atoms with Crippen LogP contribution in [0, 0.1) is 5.82 Å². The largest absolute Gasteiger partial charge is 0.324 e. The smallest absolute Gasteiger partial charge is 0.241 e. The lowest BCUT2D eigenvalue weighted by atomic mass is 10.1. The SMILES string of the molecule is C[C@H](NS(=O)(=O)c1ccc(CCC(=O)Nc2ccc(Br)cc2F)cc1)c1ccccc1. The average Bonchev–Trinajstić information content (AvgIpc) is 2.75. The van der Waals surface area contributed by atoms with E-state index in [1.165, 1.54) is 24.3 Å². The van der Waals surface area contributed by atoms with Crippen LogP contribution in [0.2, 0.25) is 0 Å². The number of halogens is 2. The van der Waals surface area contributed by atoms with E-state index in [9.17, 15) is 17.6 Å². The van der Waals surface area contributed by atoms with Gasteiger partial charge >= 0.3 is 0 Å². The molecule has 8 heteroatoms. The van der Waals surface area contributed by atoms with Gasteiger partial charge in [0.2, 0.25) is 15.9 Å². The molecule has 5 nitrogen and oxygen atoms in total. The Morgan fingerprint density at radius 1 is 1.03 bits per heavy atom. The summed E-state index contributed by atoms with van der Waals surface area (Å²) in [6, 6.07) is 19.7. The zero-order chi connectivity index (χ0) is 22.4. The van der Waals surface area contributed by atoms with Gasteiger partial charge in [-0.3, -0.25) is 4.79 Å². The molecule has 3 aromatic carbocycles. The van der Waals surface area contributed by atoms with Crippen molar-refractivity contribution in [3.8, 4) is 0 Å². The van der Waals surface area contributed by atoms with Crippen molar-refractivity contribution in [2.24, 2.45) is 0 Å². The van der Waals surface area contributed by atoms with E-state index in [-0.39, 0.29) is 29.0 Å². The number of anilines is 1. The Balaban J connectivity index is 1.57. The van der Waals surface area contributed by atoms with Crippen LogP contribution < -0.4 is 10.0 Å². The van der Waals surface area contributed by atoms with Crippen LogP contribution >= 0.6 is 15.9 Å². The predicted octanol–water partition coefficient (Wildman–Crippen LogP) is 5.20. The highest BCUT2D eigenvalue weighted by atomic mass is 79.9. The van der Waals surface area contributed by atoms with Gasteiger partial charge in [-0.05, 0) is 54.8 Å². The zero-order valence-electron chi connectivity index (χ0n) is 16.8. The molecule has 0 unspecified atom stereocenters. The van der Waals surface area contributed by atoms with Crippen LogP contribution in [-0.2, 0) is 21.2 Å². The third kappa shape index (κ3) is 6.46. The summed E-state index contributed by atoms with van der Waals surface area (Å²) in [6.07, 6.45) is 0.545. The number of carbonyl (C=O) groups excluding carboxylic acids is 1. The number of nitrogens with one attached hydrogen (secondary N) is 2. The number of aryl methyl sites for hydroxylation is 1. The quantitative estimate of drug-likeness (QED) is 0.442. The van der Waals surface area contributed by atoms with Crippen molar-refractivity contribution < 1.29 is 17.6 Å². The first-order valence-corrected chi connectivity index (χ1v) is 11.9. The Labute approximate surface area is 189 Å². The van der Waals surface area contributed by atoms with Gasteiger partial charge in [0.1, 0.15) is 5.82 Å². The molecule has 0 spiro atoms. The first-order valence-electron chi connectivity index (χ1n) is 9.66. The lowest BCUT2D eigenvalue weighted by Crippen LogP contribution is -2.26. The van der Waals surface area contributed by atoms with Crippen molar-refractivity contribution in [3.63, 3.8) is 0 Å². The monoisotopic (exact) mass is 504 g/mol. The summed E-state index contributed by atoms with van der Waals surface area (Å²) in [6.45, 7) is 1.79. The molecular weight excluding hydrogens is 483 g/mol. The highest BCUT2D eigenvalue weighted by Gasteiger charge is 2.18. The molecule has 0 saturated carbocycles. The first-order chi connectivity index (χ1) is 14.7. The maximum Gasteiger partial charge on any atom is 0.241 e. The molecule has 3 rings (SSSR count). The fourth-order valence-electron chi connectivity index (χ4n) is 3.01. The third-order valence-corrected chi connectivity index (χ3v) is 6.76. The van der Waals surface area contributed by atoms with E-state index in [0.29, 0.717) is 10.9 Å². The highest BCUT2D eigenvalue weighted by Crippen LogP contribution is 2.20. The second kappa shape index (κ2) is 10.2. The van der Waals surface area contributed by atoms with Crippen molar-refractivity contribution >= 4 is 37.5 Å². The van der Waals surface area contributed by atoms with Crippen LogP contribution in [0.15, 0.2) is 82.2 Å². The average molecular weight is 505 g/mol. The van der Waals surface area contributed by atoms with Crippen molar-refractivity contribution in [1.29, 1.82) is 0 Å². The van der Waals surface area contributed by atoms with Gasteiger partial charge in [0.25, 0.3) is 0 Å². The maximum atomic E-state index is 13.8. The molecule has 0 heterocycles. The van der Waals surface area contributed by atoms with Gasteiger partial charge in [-0.2, -0.15) is 0 Å². The van der Waals surface area contributed by atoms with Gasteiger partial charge < -0.3 is 5.32 Å². The van der Waals surface area contributed by atoms with Crippen LogP contribution in [0.5, 0.6) is 0 Å². The molecule has 0 aliphatic rings. The lowest BCUT2D eigenvalue weighted by Gasteiger charge is -2.15. The Hall–Kier alpha value is -2.55. The molecule has 1 amide bonds. The van der Waals surface area contributed by atoms with Crippen molar-refractivity contribution in [1.82, 2.24) is 4.72 Å². The minimum atomic E-state index is -3.68. The first kappa shape index (κ1) is 23.1. The summed E-state index contributed by atoms with van der Waals surface area (Å²) in [4.78, 5) is 12.3. The molecule has 0 aliphatic heterocycles. The molecule has 3 aromatic rings. The Morgan fingerprint density at radius 3 is 2.35 bits per heavy atom. The van der Waals surface area contributed by atoms with E-state index in [2.05, 4.69) is 26.0 Å². The maximum absolute atomic E-state index is 13.8. The number of rotatable bonds is 8. The Morgan fingerprint density at radius 2 is 1.71 bits per heavy atom. The van der Waals surface area contributed by atoms with Crippen LogP contribution in [0.25, 0.3) is 0 Å². The summed E-state index contributed by atoms with van der Waals surface area (Å²) < 4.78 is 42.4. The normalized spacial score (nSPS) is 12.4. The molecular formula is C23H22BrFN2O3S. The van der Waals surface area contributed by atoms with E-state index in [1.54, 1.807) is 25.1 Å². The van der Waals surface area contributed by atoms with E-state index in [4.69, 9.17) is 0 Å². The topological polar surface area (TPSA) is 75.3 Å². The van der Waals surface area contributed by atoms with Gasteiger partial charge in [-0.15, -0.1) is 0 Å². The van der Waals surface area contributed by atoms with Gasteiger partial charge in [0.15, 0.2) is 0 Å². The van der Waals surface area contributed by atoms with E-state index in [1.807, 2.05) is 30.3 Å². The lowest BCUT2D eigenvalue weighted by molar-refractivity contribution is -0.116. The second-order valence-electron chi connectivity index (χ2n) is 7.07. The van der Waals surface area contributed by atoms with Gasteiger partial charge in [-0.1, -0.05) is 58.4 Å².